The van der Waals surface area contributed by atoms with Crippen LogP contribution in [0.1, 0.15) is 26.5 Å². The van der Waals surface area contributed by atoms with Crippen molar-refractivity contribution in [3.8, 4) is 11.4 Å². The molecule has 3 rings (SSSR count). The Hall–Kier alpha value is -3.27. The maximum absolute atomic E-state index is 12.9. The number of benzene rings is 1. The van der Waals surface area contributed by atoms with Crippen molar-refractivity contribution in [3.05, 3.63) is 54.4 Å². The molecule has 10 heteroatoms. The van der Waals surface area contributed by atoms with Crippen LogP contribution in [-0.2, 0) is 11.0 Å². The van der Waals surface area contributed by atoms with Gasteiger partial charge in [-0.05, 0) is 32.9 Å². The highest BCUT2D eigenvalue weighted by atomic mass is 19.4. The van der Waals surface area contributed by atoms with Gasteiger partial charge in [0.05, 0.1) is 5.60 Å². The van der Waals surface area contributed by atoms with Crippen LogP contribution in [0.3, 0.4) is 0 Å². The molecule has 152 valence electrons. The molecule has 0 aliphatic rings. The first-order valence-electron chi connectivity index (χ1n) is 8.66. The van der Waals surface area contributed by atoms with Crippen LogP contribution < -0.4 is 10.8 Å². The summed E-state index contributed by atoms with van der Waals surface area (Å²) in [6.45, 7) is 5.52. The average molecular weight is 404 g/mol. The minimum atomic E-state index is -4.56. The number of hydrogen-bond acceptors (Lipinski definition) is 7. The summed E-state index contributed by atoms with van der Waals surface area (Å²) in [5, 5.41) is 2.77. The molecule has 29 heavy (non-hydrogen) atoms. The maximum atomic E-state index is 12.9. The van der Waals surface area contributed by atoms with Crippen molar-refractivity contribution in [2.75, 3.05) is 10.8 Å². The Morgan fingerprint density at radius 1 is 0.897 bits per heavy atom. The number of aromatic nitrogens is 4. The molecule has 0 atom stereocenters. The summed E-state index contributed by atoms with van der Waals surface area (Å²) < 4.78 is 38.7. The summed E-state index contributed by atoms with van der Waals surface area (Å²) in [6, 6.07) is 11.4. The molecule has 0 aliphatic carbocycles. The highest BCUT2D eigenvalue weighted by Gasteiger charge is 2.32. The van der Waals surface area contributed by atoms with E-state index in [1.54, 1.807) is 0 Å². The fourth-order valence-corrected chi connectivity index (χ4v) is 2.18. The molecule has 2 heterocycles. The minimum absolute atomic E-state index is 0.0539. The average Bonchev–Trinajstić information content (AvgIpc) is 2.66. The normalized spacial score (nSPS) is 11.9. The lowest BCUT2D eigenvalue weighted by Gasteiger charge is -2.19. The van der Waals surface area contributed by atoms with Crippen LogP contribution in [0.25, 0.3) is 11.4 Å². The molecule has 0 saturated heterocycles. The topological polar surface area (TPSA) is 84.9 Å². The number of hydrogen-bond donors (Lipinski definition) is 2. The number of alkyl halides is 3. The van der Waals surface area contributed by atoms with Crippen LogP contribution in [0.4, 0.5) is 30.8 Å². The van der Waals surface area contributed by atoms with Crippen molar-refractivity contribution in [3.63, 3.8) is 0 Å². The molecule has 2 aromatic heterocycles. The van der Waals surface area contributed by atoms with Gasteiger partial charge in [0.25, 0.3) is 5.95 Å². The Morgan fingerprint density at radius 3 is 2.24 bits per heavy atom. The van der Waals surface area contributed by atoms with E-state index in [1.165, 1.54) is 6.07 Å². The van der Waals surface area contributed by atoms with Gasteiger partial charge in [-0.25, -0.2) is 5.48 Å². The molecule has 1 aromatic carbocycles. The number of nitrogens with zero attached hydrogens (tertiary/aromatic N) is 4. The lowest BCUT2D eigenvalue weighted by Crippen LogP contribution is -2.24. The largest absolute Gasteiger partial charge is 0.433 e. The number of halogens is 3. The molecule has 2 N–H and O–H groups in total. The van der Waals surface area contributed by atoms with Crippen LogP contribution in [0.15, 0.2) is 48.7 Å². The standard InChI is InChI=1S/C19H19F3N6O/c1-18(2,3)29-28-17-26-15(12-7-5-4-6-8-12)25-16(27-17)24-13-9-10-23-14(11-13)19(20,21)22/h4-11H,1-3H3,(H2,23,24,25,26,27,28). The van der Waals surface area contributed by atoms with Gasteiger partial charge in [0.2, 0.25) is 5.95 Å². The Balaban J connectivity index is 1.95. The molecular formula is C19H19F3N6O. The second-order valence-electron chi connectivity index (χ2n) is 7.04. The molecule has 0 amide bonds. The van der Waals surface area contributed by atoms with Crippen molar-refractivity contribution >= 4 is 17.6 Å². The van der Waals surface area contributed by atoms with E-state index in [4.69, 9.17) is 4.84 Å². The Bertz CT molecular complexity index is 974. The summed E-state index contributed by atoms with van der Waals surface area (Å²) in [5.74, 6) is 0.493. The SMILES string of the molecule is CC(C)(C)ONc1nc(Nc2ccnc(C(F)(F)F)c2)nc(-c2ccccc2)n1. The van der Waals surface area contributed by atoms with E-state index in [0.717, 1.165) is 12.3 Å². The van der Waals surface area contributed by atoms with Gasteiger partial charge in [-0.15, -0.1) is 0 Å². The molecule has 3 aromatic rings. The van der Waals surface area contributed by atoms with E-state index >= 15 is 0 Å². The second-order valence-corrected chi connectivity index (χ2v) is 7.04. The van der Waals surface area contributed by atoms with Crippen LogP contribution in [0.5, 0.6) is 0 Å². The first-order chi connectivity index (χ1) is 13.6. The van der Waals surface area contributed by atoms with E-state index in [0.29, 0.717) is 11.4 Å². The molecule has 0 unspecified atom stereocenters. The number of rotatable bonds is 5. The Morgan fingerprint density at radius 2 is 1.59 bits per heavy atom. The van der Waals surface area contributed by atoms with Crippen molar-refractivity contribution in [2.45, 2.75) is 32.5 Å². The zero-order valence-electron chi connectivity index (χ0n) is 15.9. The Labute approximate surface area is 165 Å². The minimum Gasteiger partial charge on any atom is -0.324 e. The van der Waals surface area contributed by atoms with Gasteiger partial charge in [-0.1, -0.05) is 30.3 Å². The van der Waals surface area contributed by atoms with Crippen LogP contribution >= 0.6 is 0 Å². The summed E-state index contributed by atoms with van der Waals surface area (Å²) in [6.07, 6.45) is -3.49. The lowest BCUT2D eigenvalue weighted by atomic mass is 10.2. The smallest absolute Gasteiger partial charge is 0.324 e. The zero-order valence-corrected chi connectivity index (χ0v) is 15.9. The monoisotopic (exact) mass is 404 g/mol. The van der Waals surface area contributed by atoms with Gasteiger partial charge in [0, 0.05) is 17.4 Å². The first-order valence-corrected chi connectivity index (χ1v) is 8.66. The molecular weight excluding hydrogens is 385 g/mol. The third kappa shape index (κ3) is 5.85. The Kier molecular flexibility index (Phi) is 5.64. The number of anilines is 3. The predicted molar refractivity (Wildman–Crippen MR) is 102 cm³/mol. The fraction of sp³-hybridized carbons (Fsp3) is 0.263. The van der Waals surface area contributed by atoms with Crippen molar-refractivity contribution in [1.82, 2.24) is 19.9 Å². The molecule has 0 fully saturated rings. The van der Waals surface area contributed by atoms with Crippen LogP contribution in [0.2, 0.25) is 0 Å². The van der Waals surface area contributed by atoms with E-state index < -0.39 is 17.5 Å². The second kappa shape index (κ2) is 8.00. The van der Waals surface area contributed by atoms with Crippen molar-refractivity contribution < 1.29 is 18.0 Å². The quantitative estimate of drug-likeness (QED) is 0.589. The summed E-state index contributed by atoms with van der Waals surface area (Å²) in [7, 11) is 0. The van der Waals surface area contributed by atoms with E-state index in [-0.39, 0.29) is 17.6 Å². The summed E-state index contributed by atoms with van der Waals surface area (Å²) >= 11 is 0. The first kappa shape index (κ1) is 20.5. The van der Waals surface area contributed by atoms with E-state index in [2.05, 4.69) is 30.7 Å². The molecule has 0 radical (unpaired) electrons. The fourth-order valence-electron chi connectivity index (χ4n) is 2.18. The summed E-state index contributed by atoms with van der Waals surface area (Å²) in [4.78, 5) is 21.6. The van der Waals surface area contributed by atoms with Gasteiger partial charge in [0.1, 0.15) is 5.69 Å². The molecule has 0 bridgehead atoms. The van der Waals surface area contributed by atoms with Gasteiger partial charge in [0.15, 0.2) is 5.82 Å². The summed E-state index contributed by atoms with van der Waals surface area (Å²) in [5.41, 5.74) is 1.98. The maximum Gasteiger partial charge on any atom is 0.433 e. The molecule has 0 saturated carbocycles. The third-order valence-electron chi connectivity index (χ3n) is 3.42. The molecule has 0 spiro atoms. The van der Waals surface area contributed by atoms with Gasteiger partial charge >= 0.3 is 6.18 Å². The molecule has 7 nitrogen and oxygen atoms in total. The van der Waals surface area contributed by atoms with Gasteiger partial charge in [-0.3, -0.25) is 9.82 Å². The van der Waals surface area contributed by atoms with Gasteiger partial charge < -0.3 is 5.32 Å². The lowest BCUT2D eigenvalue weighted by molar-refractivity contribution is -0.141. The van der Waals surface area contributed by atoms with Crippen LogP contribution in [-0.4, -0.2) is 25.5 Å². The van der Waals surface area contributed by atoms with Crippen molar-refractivity contribution in [1.29, 1.82) is 0 Å². The third-order valence-corrected chi connectivity index (χ3v) is 3.42. The van der Waals surface area contributed by atoms with Gasteiger partial charge in [-0.2, -0.15) is 28.1 Å². The highest BCUT2D eigenvalue weighted by Crippen LogP contribution is 2.29. The number of pyridine rings is 1. The van der Waals surface area contributed by atoms with E-state index in [9.17, 15) is 13.2 Å². The van der Waals surface area contributed by atoms with Crippen LogP contribution in [0, 0.1) is 0 Å². The highest BCUT2D eigenvalue weighted by molar-refractivity contribution is 5.60. The van der Waals surface area contributed by atoms with E-state index in [1.807, 2.05) is 51.1 Å². The van der Waals surface area contributed by atoms with Crippen molar-refractivity contribution in [2.24, 2.45) is 0 Å². The predicted octanol–water partition coefficient (Wildman–Crippen LogP) is 4.84. The molecule has 0 aliphatic heterocycles. The zero-order chi connectivity index (χ0) is 21.1. The number of nitrogens with one attached hydrogen (secondary N) is 2.